The van der Waals surface area contributed by atoms with Crippen LogP contribution in [-0.4, -0.2) is 19.9 Å². The molecule has 0 aliphatic heterocycles. The Morgan fingerprint density at radius 1 is 1.35 bits per heavy atom. The first kappa shape index (κ1) is 18.4. The van der Waals surface area contributed by atoms with Crippen LogP contribution in [0.1, 0.15) is 35.7 Å². The summed E-state index contributed by atoms with van der Waals surface area (Å²) in [5, 5.41) is 0. The Morgan fingerprint density at radius 3 is 2.65 bits per heavy atom. The predicted molar refractivity (Wildman–Crippen MR) is 108 cm³/mol. The van der Waals surface area contributed by atoms with Gasteiger partial charge in [0, 0.05) is 12.1 Å². The van der Waals surface area contributed by atoms with Gasteiger partial charge in [0.2, 0.25) is 0 Å². The second kappa shape index (κ2) is 7.47. The van der Waals surface area contributed by atoms with Gasteiger partial charge in [0.15, 0.2) is 15.4 Å². The summed E-state index contributed by atoms with van der Waals surface area (Å²) in [6, 6.07) is 7.50. The van der Waals surface area contributed by atoms with Crippen LogP contribution >= 0.6 is 23.6 Å². The fourth-order valence-electron chi connectivity index (χ4n) is 2.67. The number of hydrogen-bond donors (Lipinski definition) is 0. The second-order valence-electron chi connectivity index (χ2n) is 6.30. The molecular weight excluding hydrogens is 366 g/mol. The molecule has 0 aliphatic carbocycles. The van der Waals surface area contributed by atoms with Crippen molar-refractivity contribution in [2.75, 3.05) is 0 Å². The summed E-state index contributed by atoms with van der Waals surface area (Å²) in [4.78, 5) is 29.6. The van der Waals surface area contributed by atoms with Crippen molar-refractivity contribution in [2.45, 2.75) is 32.9 Å². The van der Waals surface area contributed by atoms with E-state index in [1.165, 1.54) is 27.8 Å². The van der Waals surface area contributed by atoms with Crippen LogP contribution in [0.15, 0.2) is 48.0 Å². The van der Waals surface area contributed by atoms with E-state index in [9.17, 15) is 9.59 Å². The molecule has 7 heteroatoms. The van der Waals surface area contributed by atoms with Crippen molar-refractivity contribution in [3.8, 4) is 0 Å². The van der Waals surface area contributed by atoms with Gasteiger partial charge in [-0.25, -0.2) is 4.98 Å². The maximum atomic E-state index is 12.7. The topological polar surface area (TPSA) is 56.9 Å². The number of allylic oxidation sites excluding steroid dienone is 1. The first-order valence-electron chi connectivity index (χ1n) is 8.25. The third kappa shape index (κ3) is 3.45. The highest BCUT2D eigenvalue weighted by Crippen LogP contribution is 2.18. The second-order valence-corrected chi connectivity index (χ2v) is 7.94. The monoisotopic (exact) mass is 385 g/mol. The Morgan fingerprint density at radius 2 is 2.04 bits per heavy atom. The third-order valence-electron chi connectivity index (χ3n) is 4.17. The fraction of sp³-hybridized carbons (Fsp3) is 0.263. The van der Waals surface area contributed by atoms with Crippen molar-refractivity contribution in [3.63, 3.8) is 0 Å². The smallest absolute Gasteiger partial charge is 0.273 e. The van der Waals surface area contributed by atoms with Crippen molar-refractivity contribution >= 4 is 39.7 Å². The lowest BCUT2D eigenvalue weighted by Gasteiger charge is -2.08. The zero-order valence-corrected chi connectivity index (χ0v) is 16.3. The van der Waals surface area contributed by atoms with Gasteiger partial charge in [0.05, 0.1) is 6.54 Å². The average Bonchev–Trinajstić information content (AvgIpc) is 2.94. The van der Waals surface area contributed by atoms with E-state index < -0.39 is 0 Å². The van der Waals surface area contributed by atoms with E-state index in [4.69, 9.17) is 12.2 Å². The molecule has 5 nitrogen and oxygen atoms in total. The minimum atomic E-state index is -0.249. The Labute approximate surface area is 160 Å². The van der Waals surface area contributed by atoms with Gasteiger partial charge in [0.25, 0.3) is 5.56 Å². The molecule has 0 unspecified atom stereocenters. The molecule has 0 amide bonds. The minimum absolute atomic E-state index is 0.0467. The van der Waals surface area contributed by atoms with Crippen molar-refractivity contribution in [1.29, 1.82) is 0 Å². The van der Waals surface area contributed by atoms with Crippen LogP contribution in [-0.2, 0) is 13.1 Å². The number of nitrogens with zero attached hydrogens (tertiary/aromatic N) is 3. The quantitative estimate of drug-likeness (QED) is 0.363. The molecule has 0 saturated heterocycles. The van der Waals surface area contributed by atoms with Crippen molar-refractivity contribution in [2.24, 2.45) is 0 Å². The van der Waals surface area contributed by atoms with Crippen LogP contribution in [0.3, 0.4) is 0 Å². The molecule has 3 rings (SSSR count). The van der Waals surface area contributed by atoms with E-state index in [1.54, 1.807) is 22.8 Å². The molecule has 0 bridgehead atoms. The first-order valence-corrected chi connectivity index (χ1v) is 9.47. The van der Waals surface area contributed by atoms with E-state index in [2.05, 4.69) is 25.4 Å². The van der Waals surface area contributed by atoms with Gasteiger partial charge in [-0.3, -0.25) is 14.2 Å². The molecule has 0 N–H and O–H groups in total. The Hall–Kier alpha value is -2.38. The fourth-order valence-corrected chi connectivity index (χ4v) is 3.99. The zero-order chi connectivity index (χ0) is 18.8. The standard InChI is InChI=1S/C19H19N3O2S2/c1-4-9-22-17-16(26-19(22)25)18(24)21(11-20-17)10-15(23)14-7-5-13(6-8-14)12(2)3/h4-8,11-12H,1,9-10H2,2-3H3. The average molecular weight is 386 g/mol. The van der Waals surface area contributed by atoms with Gasteiger partial charge < -0.3 is 4.57 Å². The highest BCUT2D eigenvalue weighted by Gasteiger charge is 2.14. The van der Waals surface area contributed by atoms with E-state index in [0.29, 0.717) is 32.3 Å². The molecule has 0 aliphatic rings. The summed E-state index contributed by atoms with van der Waals surface area (Å²) in [7, 11) is 0. The molecule has 0 saturated carbocycles. The summed E-state index contributed by atoms with van der Waals surface area (Å²) in [5.41, 5.74) is 2.04. The van der Waals surface area contributed by atoms with Crippen LogP contribution in [0.5, 0.6) is 0 Å². The molecule has 26 heavy (non-hydrogen) atoms. The van der Waals surface area contributed by atoms with Gasteiger partial charge in [-0.15, -0.1) is 6.58 Å². The number of ketones is 1. The molecule has 0 spiro atoms. The number of carbonyl (C=O) groups is 1. The van der Waals surface area contributed by atoms with Crippen LogP contribution in [0.25, 0.3) is 10.3 Å². The summed E-state index contributed by atoms with van der Waals surface area (Å²) in [5.74, 6) is 0.278. The number of rotatable bonds is 6. The van der Waals surface area contributed by atoms with Gasteiger partial charge in [-0.1, -0.05) is 55.5 Å². The number of aromatic nitrogens is 3. The normalized spacial score (nSPS) is 11.2. The van der Waals surface area contributed by atoms with Gasteiger partial charge in [-0.05, 0) is 23.7 Å². The summed E-state index contributed by atoms with van der Waals surface area (Å²) < 4.78 is 4.13. The van der Waals surface area contributed by atoms with E-state index in [-0.39, 0.29) is 17.9 Å². The number of thiazole rings is 1. The lowest BCUT2D eigenvalue weighted by molar-refractivity contribution is 0.0970. The van der Waals surface area contributed by atoms with Gasteiger partial charge >= 0.3 is 0 Å². The SMILES string of the molecule is C=CCn1c(=S)sc2c(=O)n(CC(=O)c3ccc(C(C)C)cc3)cnc21. The highest BCUT2D eigenvalue weighted by molar-refractivity contribution is 7.73. The number of fused-ring (bicyclic) bond motifs is 1. The van der Waals surface area contributed by atoms with Gasteiger partial charge in [-0.2, -0.15) is 0 Å². The predicted octanol–water partition coefficient (Wildman–Crippen LogP) is 4.18. The minimum Gasteiger partial charge on any atom is -0.304 e. The van der Waals surface area contributed by atoms with E-state index in [0.717, 1.165) is 0 Å². The Kier molecular flexibility index (Phi) is 5.29. The van der Waals surface area contributed by atoms with Crippen molar-refractivity contribution in [3.05, 3.63) is 68.7 Å². The molecule has 1 aromatic carbocycles. The van der Waals surface area contributed by atoms with E-state index >= 15 is 0 Å². The lowest BCUT2D eigenvalue weighted by Crippen LogP contribution is -2.24. The molecule has 3 aromatic rings. The summed E-state index contributed by atoms with van der Waals surface area (Å²) in [6.07, 6.45) is 3.12. The summed E-state index contributed by atoms with van der Waals surface area (Å²) in [6.45, 7) is 8.35. The molecule has 2 heterocycles. The maximum absolute atomic E-state index is 12.7. The number of carbonyl (C=O) groups excluding carboxylic acids is 1. The third-order valence-corrected chi connectivity index (χ3v) is 5.59. The van der Waals surface area contributed by atoms with Crippen molar-refractivity contribution < 1.29 is 4.79 Å². The molecule has 134 valence electrons. The number of benzene rings is 1. The molecular formula is C19H19N3O2S2. The Balaban J connectivity index is 1.92. The zero-order valence-electron chi connectivity index (χ0n) is 14.6. The van der Waals surface area contributed by atoms with E-state index in [1.807, 2.05) is 12.1 Å². The highest BCUT2D eigenvalue weighted by atomic mass is 32.1. The first-order chi connectivity index (χ1) is 12.4. The maximum Gasteiger partial charge on any atom is 0.273 e. The van der Waals surface area contributed by atoms with Crippen LogP contribution in [0, 0.1) is 3.95 Å². The number of Topliss-reactive ketones (excluding diaryl/α,β-unsaturated/α-hetero) is 1. The Bertz CT molecular complexity index is 1090. The van der Waals surface area contributed by atoms with Crippen molar-refractivity contribution in [1.82, 2.24) is 14.1 Å². The van der Waals surface area contributed by atoms with Gasteiger partial charge in [0.1, 0.15) is 11.0 Å². The molecule has 2 aromatic heterocycles. The molecule has 0 radical (unpaired) electrons. The van der Waals surface area contributed by atoms with Crippen LogP contribution < -0.4 is 5.56 Å². The lowest BCUT2D eigenvalue weighted by atomic mass is 10.0. The van der Waals surface area contributed by atoms with Crippen LogP contribution in [0.4, 0.5) is 0 Å². The summed E-state index contributed by atoms with van der Waals surface area (Å²) >= 11 is 6.51. The molecule has 0 atom stereocenters. The molecule has 0 fully saturated rings. The largest absolute Gasteiger partial charge is 0.304 e. The van der Waals surface area contributed by atoms with Crippen LogP contribution in [0.2, 0.25) is 0 Å². The number of hydrogen-bond acceptors (Lipinski definition) is 5.